The molecular formula is C17H22BrN5O. The minimum Gasteiger partial charge on any atom is -0.349 e. The van der Waals surface area contributed by atoms with Crippen molar-refractivity contribution in [3.05, 3.63) is 22.6 Å². The molecular weight excluding hydrogens is 370 g/mol. The highest BCUT2D eigenvalue weighted by atomic mass is 79.9. The van der Waals surface area contributed by atoms with Gasteiger partial charge in [0.25, 0.3) is 0 Å². The predicted molar refractivity (Wildman–Crippen MR) is 95.0 cm³/mol. The summed E-state index contributed by atoms with van der Waals surface area (Å²) < 4.78 is 0.902. The third-order valence-electron chi connectivity index (χ3n) is 5.57. The largest absolute Gasteiger partial charge is 0.349 e. The summed E-state index contributed by atoms with van der Waals surface area (Å²) in [7, 11) is 0. The van der Waals surface area contributed by atoms with Crippen molar-refractivity contribution in [2.45, 2.75) is 44.7 Å². The van der Waals surface area contributed by atoms with Crippen LogP contribution in [0.5, 0.6) is 0 Å². The number of amides is 1. The lowest BCUT2D eigenvalue weighted by Gasteiger charge is -2.43. The van der Waals surface area contributed by atoms with Crippen molar-refractivity contribution >= 4 is 33.0 Å². The van der Waals surface area contributed by atoms with Crippen molar-refractivity contribution in [1.29, 1.82) is 0 Å². The number of nitrogens with zero attached hydrogens (tertiary/aromatic N) is 2. The number of H-pyrrole nitrogens is 1. The van der Waals surface area contributed by atoms with Crippen LogP contribution in [0.3, 0.4) is 0 Å². The summed E-state index contributed by atoms with van der Waals surface area (Å²) in [4.78, 5) is 24.4. The maximum absolute atomic E-state index is 12.6. The second-order valence-corrected chi connectivity index (χ2v) is 8.04. The van der Waals surface area contributed by atoms with Gasteiger partial charge in [0.05, 0.1) is 12.1 Å². The SMILES string of the molecule is NC1C2CCCC1CC(C(=O)NCc1nc3ncc(Br)cc3[nH]1)C2. The number of hydrogen-bond acceptors (Lipinski definition) is 4. The number of imidazole rings is 1. The van der Waals surface area contributed by atoms with Crippen LogP contribution in [0, 0.1) is 17.8 Å². The van der Waals surface area contributed by atoms with E-state index in [1.54, 1.807) is 6.20 Å². The summed E-state index contributed by atoms with van der Waals surface area (Å²) >= 11 is 3.39. The molecule has 2 bridgehead atoms. The van der Waals surface area contributed by atoms with Crippen LogP contribution in [0.15, 0.2) is 16.7 Å². The molecule has 4 rings (SSSR count). The summed E-state index contributed by atoms with van der Waals surface area (Å²) in [6, 6.07) is 2.23. The lowest BCUT2D eigenvalue weighted by molar-refractivity contribution is -0.128. The van der Waals surface area contributed by atoms with Crippen molar-refractivity contribution in [2.24, 2.45) is 23.5 Å². The molecule has 1 amide bonds. The molecule has 4 N–H and O–H groups in total. The highest BCUT2D eigenvalue weighted by Gasteiger charge is 2.40. The van der Waals surface area contributed by atoms with Gasteiger partial charge in [0.2, 0.25) is 5.91 Å². The Morgan fingerprint density at radius 1 is 1.38 bits per heavy atom. The van der Waals surface area contributed by atoms with Gasteiger partial charge < -0.3 is 16.0 Å². The van der Waals surface area contributed by atoms with Gasteiger partial charge in [-0.05, 0) is 59.5 Å². The molecule has 2 aromatic rings. The topological polar surface area (TPSA) is 96.7 Å². The number of nitrogens with one attached hydrogen (secondary N) is 2. The fourth-order valence-electron chi connectivity index (χ4n) is 4.33. The zero-order valence-corrected chi connectivity index (χ0v) is 15.1. The van der Waals surface area contributed by atoms with E-state index in [4.69, 9.17) is 5.73 Å². The summed E-state index contributed by atoms with van der Waals surface area (Å²) in [5.74, 6) is 1.99. The Morgan fingerprint density at radius 2 is 2.12 bits per heavy atom. The molecule has 2 unspecified atom stereocenters. The van der Waals surface area contributed by atoms with Crippen LogP contribution in [0.25, 0.3) is 11.2 Å². The Balaban J connectivity index is 1.39. The molecule has 2 aliphatic rings. The molecule has 128 valence electrons. The smallest absolute Gasteiger partial charge is 0.223 e. The zero-order chi connectivity index (χ0) is 16.7. The van der Waals surface area contributed by atoms with Crippen molar-refractivity contribution < 1.29 is 4.79 Å². The average molecular weight is 392 g/mol. The quantitative estimate of drug-likeness (QED) is 0.748. The van der Waals surface area contributed by atoms with Gasteiger partial charge in [-0.1, -0.05) is 6.42 Å². The van der Waals surface area contributed by atoms with E-state index < -0.39 is 0 Å². The van der Waals surface area contributed by atoms with E-state index in [9.17, 15) is 4.79 Å². The van der Waals surface area contributed by atoms with E-state index in [0.717, 1.165) is 28.7 Å². The summed E-state index contributed by atoms with van der Waals surface area (Å²) in [6.45, 7) is 0.407. The molecule has 0 saturated heterocycles. The molecule has 0 spiro atoms. The highest BCUT2D eigenvalue weighted by molar-refractivity contribution is 9.10. The number of carbonyl (C=O) groups excluding carboxylic acids is 1. The first-order valence-electron chi connectivity index (χ1n) is 8.63. The number of aromatic nitrogens is 3. The molecule has 0 radical (unpaired) electrons. The third kappa shape index (κ3) is 3.07. The first-order valence-corrected chi connectivity index (χ1v) is 9.43. The second-order valence-electron chi connectivity index (χ2n) is 7.12. The molecule has 24 heavy (non-hydrogen) atoms. The molecule has 2 aromatic heterocycles. The molecule has 2 atom stereocenters. The predicted octanol–water partition coefficient (Wildman–Crippen LogP) is 2.49. The average Bonchev–Trinajstić information content (AvgIpc) is 2.94. The summed E-state index contributed by atoms with van der Waals surface area (Å²) in [5, 5.41) is 3.04. The summed E-state index contributed by atoms with van der Waals surface area (Å²) in [5.41, 5.74) is 7.84. The Bertz CT molecular complexity index is 747. The van der Waals surface area contributed by atoms with E-state index in [1.807, 2.05) is 6.07 Å². The number of pyridine rings is 1. The highest BCUT2D eigenvalue weighted by Crippen LogP contribution is 2.41. The minimum absolute atomic E-state index is 0.0942. The number of fused-ring (bicyclic) bond motifs is 3. The van der Waals surface area contributed by atoms with Gasteiger partial charge in [-0.3, -0.25) is 4.79 Å². The lowest BCUT2D eigenvalue weighted by atomic mass is 9.65. The first kappa shape index (κ1) is 16.0. The van der Waals surface area contributed by atoms with Gasteiger partial charge in [0, 0.05) is 22.6 Å². The maximum atomic E-state index is 12.6. The van der Waals surface area contributed by atoms with Crippen LogP contribution in [0.1, 0.15) is 37.9 Å². The fraction of sp³-hybridized carbons (Fsp3) is 0.588. The van der Waals surface area contributed by atoms with Crippen LogP contribution >= 0.6 is 15.9 Å². The van der Waals surface area contributed by atoms with Gasteiger partial charge in [0.15, 0.2) is 5.65 Å². The minimum atomic E-state index is 0.0942. The number of nitrogens with two attached hydrogens (primary N) is 1. The van der Waals surface area contributed by atoms with E-state index in [1.165, 1.54) is 19.3 Å². The van der Waals surface area contributed by atoms with Crippen LogP contribution in [-0.4, -0.2) is 26.9 Å². The molecule has 2 heterocycles. The van der Waals surface area contributed by atoms with E-state index in [-0.39, 0.29) is 11.8 Å². The van der Waals surface area contributed by atoms with Crippen LogP contribution in [0.2, 0.25) is 0 Å². The van der Waals surface area contributed by atoms with Gasteiger partial charge in [0.1, 0.15) is 5.82 Å². The van der Waals surface area contributed by atoms with Crippen molar-refractivity contribution in [3.63, 3.8) is 0 Å². The normalized spacial score (nSPS) is 29.6. The fourth-order valence-corrected chi connectivity index (χ4v) is 4.66. The molecule has 2 fully saturated rings. The zero-order valence-electron chi connectivity index (χ0n) is 13.5. The second kappa shape index (κ2) is 6.44. The monoisotopic (exact) mass is 391 g/mol. The Labute approximate surface area is 149 Å². The number of aromatic amines is 1. The van der Waals surface area contributed by atoms with Crippen molar-refractivity contribution in [2.75, 3.05) is 0 Å². The van der Waals surface area contributed by atoms with Crippen LogP contribution in [-0.2, 0) is 11.3 Å². The number of carbonyl (C=O) groups is 1. The van der Waals surface area contributed by atoms with Gasteiger partial charge in [-0.15, -0.1) is 0 Å². The number of rotatable bonds is 3. The first-order chi connectivity index (χ1) is 11.6. The molecule has 0 aliphatic heterocycles. The third-order valence-corrected chi connectivity index (χ3v) is 6.00. The Hall–Kier alpha value is -1.47. The molecule has 0 aromatic carbocycles. The lowest BCUT2D eigenvalue weighted by Crippen LogP contribution is -2.49. The van der Waals surface area contributed by atoms with Gasteiger partial charge in [-0.2, -0.15) is 0 Å². The molecule has 2 saturated carbocycles. The van der Waals surface area contributed by atoms with Crippen LogP contribution in [0.4, 0.5) is 0 Å². The Morgan fingerprint density at radius 3 is 2.88 bits per heavy atom. The van der Waals surface area contributed by atoms with E-state index in [0.29, 0.717) is 30.1 Å². The van der Waals surface area contributed by atoms with E-state index >= 15 is 0 Å². The Kier molecular flexibility index (Phi) is 4.30. The molecule has 2 aliphatic carbocycles. The number of halogens is 1. The maximum Gasteiger partial charge on any atom is 0.223 e. The standard InChI is InChI=1S/C17H22BrN5O/c18-12-6-13-16(20-7-12)23-14(22-13)8-21-17(24)11-4-9-2-1-3-10(5-11)15(9)19/h6-7,9-11,15H,1-5,8,19H2,(H,21,24)(H,20,22,23). The van der Waals surface area contributed by atoms with Gasteiger partial charge in [-0.25, -0.2) is 9.97 Å². The summed E-state index contributed by atoms with van der Waals surface area (Å²) in [6.07, 6.45) is 7.18. The van der Waals surface area contributed by atoms with Gasteiger partial charge >= 0.3 is 0 Å². The molecule has 6 nitrogen and oxygen atoms in total. The van der Waals surface area contributed by atoms with Crippen molar-refractivity contribution in [1.82, 2.24) is 20.3 Å². The van der Waals surface area contributed by atoms with Crippen molar-refractivity contribution in [3.8, 4) is 0 Å². The molecule has 7 heteroatoms. The van der Waals surface area contributed by atoms with Crippen LogP contribution < -0.4 is 11.1 Å². The van der Waals surface area contributed by atoms with E-state index in [2.05, 4.69) is 36.2 Å². The number of hydrogen-bond donors (Lipinski definition) is 3.